The Bertz CT molecular complexity index is 720. The van der Waals surface area contributed by atoms with Crippen LogP contribution in [0.15, 0.2) is 42.7 Å². The number of nitrogens with one attached hydrogen (secondary N) is 1. The molecule has 0 aliphatic heterocycles. The molecule has 1 heterocycles. The first-order valence-corrected chi connectivity index (χ1v) is 7.40. The molecule has 1 aliphatic carbocycles. The van der Waals surface area contributed by atoms with Crippen molar-refractivity contribution in [2.24, 2.45) is 5.92 Å². The Hall–Kier alpha value is -2.43. The molecule has 5 heteroatoms. The van der Waals surface area contributed by atoms with Gasteiger partial charge in [-0.25, -0.2) is 9.37 Å². The fraction of sp³-hybridized carbons (Fsp3) is 0.294. The molecule has 0 unspecified atom stereocenters. The van der Waals surface area contributed by atoms with Gasteiger partial charge in [0.2, 0.25) is 5.91 Å². The first kappa shape index (κ1) is 14.5. The van der Waals surface area contributed by atoms with Gasteiger partial charge >= 0.3 is 0 Å². The molecule has 0 fully saturated rings. The van der Waals surface area contributed by atoms with E-state index in [1.165, 1.54) is 6.07 Å². The fourth-order valence-corrected chi connectivity index (χ4v) is 2.73. The van der Waals surface area contributed by atoms with Crippen LogP contribution >= 0.6 is 0 Å². The summed E-state index contributed by atoms with van der Waals surface area (Å²) in [7, 11) is 0. The van der Waals surface area contributed by atoms with Crippen LogP contribution in [-0.2, 0) is 4.79 Å². The van der Waals surface area contributed by atoms with E-state index in [4.69, 9.17) is 0 Å². The molecule has 0 bridgehead atoms. The molecule has 1 aromatic carbocycles. The van der Waals surface area contributed by atoms with Gasteiger partial charge in [-0.2, -0.15) is 0 Å². The van der Waals surface area contributed by atoms with Gasteiger partial charge in [-0.1, -0.05) is 12.2 Å². The van der Waals surface area contributed by atoms with Gasteiger partial charge in [0.1, 0.15) is 11.6 Å². The highest BCUT2D eigenvalue weighted by atomic mass is 19.1. The normalized spacial score (nSPS) is 16.9. The second-order valence-electron chi connectivity index (χ2n) is 5.53. The van der Waals surface area contributed by atoms with Gasteiger partial charge in [0.05, 0.1) is 5.69 Å². The number of benzene rings is 1. The number of aromatic nitrogens is 2. The molecule has 0 saturated heterocycles. The molecule has 4 nitrogen and oxygen atoms in total. The number of amides is 1. The number of halogens is 1. The largest absolute Gasteiger partial charge is 0.326 e. The minimum Gasteiger partial charge on any atom is -0.326 e. The third-order valence-electron chi connectivity index (χ3n) is 3.88. The van der Waals surface area contributed by atoms with Crippen molar-refractivity contribution in [3.05, 3.63) is 54.4 Å². The lowest BCUT2D eigenvalue weighted by atomic mass is 10.1. The van der Waals surface area contributed by atoms with Crippen LogP contribution in [0.2, 0.25) is 0 Å². The van der Waals surface area contributed by atoms with Crippen molar-refractivity contribution in [3.63, 3.8) is 0 Å². The lowest BCUT2D eigenvalue weighted by molar-refractivity contribution is -0.116. The van der Waals surface area contributed by atoms with E-state index in [0.717, 1.165) is 12.8 Å². The average Bonchev–Trinajstić information content (AvgIpc) is 3.11. The maximum absolute atomic E-state index is 14.2. The standard InChI is InChI=1S/C17H18FN3O/c1-12-19-8-9-21(12)16-7-6-14(11-15(16)18)20-17(22)10-13-4-2-3-5-13/h2,4,6-9,11,13H,3,5,10H2,1H3,(H,20,22)/t13-/m1/s1. The molecule has 1 aliphatic rings. The second kappa shape index (κ2) is 6.13. The van der Waals surface area contributed by atoms with Crippen LogP contribution in [0.25, 0.3) is 5.69 Å². The van der Waals surface area contributed by atoms with Crippen LogP contribution in [0, 0.1) is 18.7 Å². The lowest BCUT2D eigenvalue weighted by Crippen LogP contribution is -2.15. The zero-order chi connectivity index (χ0) is 15.5. The van der Waals surface area contributed by atoms with Crippen LogP contribution in [0.5, 0.6) is 0 Å². The van der Waals surface area contributed by atoms with Gasteiger partial charge in [-0.15, -0.1) is 0 Å². The van der Waals surface area contributed by atoms with Gasteiger partial charge in [0.25, 0.3) is 0 Å². The zero-order valence-electron chi connectivity index (χ0n) is 12.4. The molecule has 22 heavy (non-hydrogen) atoms. The number of hydrogen-bond acceptors (Lipinski definition) is 2. The fourth-order valence-electron chi connectivity index (χ4n) is 2.73. The highest BCUT2D eigenvalue weighted by Gasteiger charge is 2.15. The predicted molar refractivity (Wildman–Crippen MR) is 83.4 cm³/mol. The van der Waals surface area contributed by atoms with Crippen LogP contribution in [0.4, 0.5) is 10.1 Å². The first-order valence-electron chi connectivity index (χ1n) is 7.40. The molecule has 114 valence electrons. The molecule has 0 saturated carbocycles. The first-order chi connectivity index (χ1) is 10.6. The smallest absolute Gasteiger partial charge is 0.224 e. The molecule has 1 amide bonds. The van der Waals surface area contributed by atoms with E-state index in [2.05, 4.69) is 22.5 Å². The highest BCUT2D eigenvalue weighted by molar-refractivity contribution is 5.91. The Morgan fingerprint density at radius 3 is 3.00 bits per heavy atom. The maximum atomic E-state index is 14.2. The van der Waals surface area contributed by atoms with Crippen LogP contribution in [-0.4, -0.2) is 15.5 Å². The SMILES string of the molecule is Cc1nccn1-c1ccc(NC(=O)C[C@@H]2C=CCC2)cc1F. The van der Waals surface area contributed by atoms with E-state index >= 15 is 0 Å². The van der Waals surface area contributed by atoms with Crippen molar-refractivity contribution >= 4 is 11.6 Å². The zero-order valence-corrected chi connectivity index (χ0v) is 12.4. The summed E-state index contributed by atoms with van der Waals surface area (Å²) >= 11 is 0. The van der Waals surface area contributed by atoms with Crippen LogP contribution < -0.4 is 5.32 Å². The molecule has 1 N–H and O–H groups in total. The van der Waals surface area contributed by atoms with E-state index in [1.807, 2.05) is 6.92 Å². The number of allylic oxidation sites excluding steroid dienone is 2. The molecule has 1 aromatic heterocycles. The van der Waals surface area contributed by atoms with Crippen molar-refractivity contribution in [1.29, 1.82) is 0 Å². The van der Waals surface area contributed by atoms with E-state index in [9.17, 15) is 9.18 Å². The summed E-state index contributed by atoms with van der Waals surface area (Å²) in [6.07, 6.45) is 10.00. The summed E-state index contributed by atoms with van der Waals surface area (Å²) in [6, 6.07) is 4.70. The van der Waals surface area contributed by atoms with Crippen molar-refractivity contribution in [3.8, 4) is 5.69 Å². The van der Waals surface area contributed by atoms with E-state index in [1.54, 1.807) is 29.1 Å². The maximum Gasteiger partial charge on any atom is 0.224 e. The molecular formula is C17H18FN3O. The summed E-state index contributed by atoms with van der Waals surface area (Å²) in [5.74, 6) is 0.545. The number of aryl methyl sites for hydroxylation is 1. The third-order valence-corrected chi connectivity index (χ3v) is 3.88. The minimum atomic E-state index is -0.389. The number of hydrogen-bond donors (Lipinski definition) is 1. The summed E-state index contributed by atoms with van der Waals surface area (Å²) in [6.45, 7) is 1.81. The predicted octanol–water partition coefficient (Wildman–Crippen LogP) is 3.61. The van der Waals surface area contributed by atoms with Crippen molar-refractivity contribution in [2.45, 2.75) is 26.2 Å². The number of imidazole rings is 1. The molecule has 3 rings (SSSR count). The van der Waals surface area contributed by atoms with Crippen molar-refractivity contribution in [1.82, 2.24) is 9.55 Å². The van der Waals surface area contributed by atoms with E-state index in [-0.39, 0.29) is 11.7 Å². The van der Waals surface area contributed by atoms with Crippen molar-refractivity contribution in [2.75, 3.05) is 5.32 Å². The average molecular weight is 299 g/mol. The molecular weight excluding hydrogens is 281 g/mol. The molecule has 2 aromatic rings. The Labute approximate surface area is 128 Å². The van der Waals surface area contributed by atoms with Gasteiger partial charge in [0.15, 0.2) is 0 Å². The number of carbonyl (C=O) groups excluding carboxylic acids is 1. The van der Waals surface area contributed by atoms with Crippen LogP contribution in [0.3, 0.4) is 0 Å². The second-order valence-corrected chi connectivity index (χ2v) is 5.53. The summed E-state index contributed by atoms with van der Waals surface area (Å²) < 4.78 is 15.9. The lowest BCUT2D eigenvalue weighted by Gasteiger charge is -2.11. The Kier molecular flexibility index (Phi) is 4.04. The minimum absolute atomic E-state index is 0.0810. The number of nitrogens with zero attached hydrogens (tertiary/aromatic N) is 2. The van der Waals surface area contributed by atoms with Gasteiger partial charge < -0.3 is 9.88 Å². The van der Waals surface area contributed by atoms with E-state index in [0.29, 0.717) is 29.5 Å². The van der Waals surface area contributed by atoms with Gasteiger partial charge in [0, 0.05) is 24.5 Å². The molecule has 0 radical (unpaired) electrons. The quantitative estimate of drug-likeness (QED) is 0.877. The van der Waals surface area contributed by atoms with Gasteiger partial charge in [-0.05, 0) is 43.9 Å². The summed E-state index contributed by atoms with van der Waals surface area (Å²) in [4.78, 5) is 16.0. The summed E-state index contributed by atoms with van der Waals surface area (Å²) in [5, 5.41) is 2.76. The molecule has 1 atom stereocenters. The number of carbonyl (C=O) groups is 1. The Balaban J connectivity index is 1.70. The number of anilines is 1. The van der Waals surface area contributed by atoms with Crippen LogP contribution in [0.1, 0.15) is 25.1 Å². The van der Waals surface area contributed by atoms with E-state index < -0.39 is 0 Å². The third kappa shape index (κ3) is 3.08. The highest BCUT2D eigenvalue weighted by Crippen LogP contribution is 2.22. The Morgan fingerprint density at radius 2 is 2.36 bits per heavy atom. The van der Waals surface area contributed by atoms with Crippen molar-refractivity contribution < 1.29 is 9.18 Å². The summed E-state index contributed by atoms with van der Waals surface area (Å²) in [5.41, 5.74) is 0.901. The number of rotatable bonds is 4. The topological polar surface area (TPSA) is 46.9 Å². The Morgan fingerprint density at radius 1 is 1.50 bits per heavy atom. The van der Waals surface area contributed by atoms with Gasteiger partial charge in [-0.3, -0.25) is 4.79 Å². The molecule has 0 spiro atoms. The monoisotopic (exact) mass is 299 g/mol.